The fourth-order valence-corrected chi connectivity index (χ4v) is 4.42. The molecule has 1 saturated carbocycles. The zero-order chi connectivity index (χ0) is 21.5. The largest absolute Gasteiger partial charge is 0.475 e. The van der Waals surface area contributed by atoms with Gasteiger partial charge < -0.3 is 15.0 Å². The number of nitrogens with one attached hydrogen (secondary N) is 2. The van der Waals surface area contributed by atoms with E-state index in [-0.39, 0.29) is 28.8 Å². The molecule has 0 saturated heterocycles. The Morgan fingerprint density at radius 2 is 2.20 bits per heavy atom. The number of rotatable bonds is 7. The average molecular weight is 458 g/mol. The van der Waals surface area contributed by atoms with Crippen LogP contribution in [0.3, 0.4) is 0 Å². The van der Waals surface area contributed by atoms with Crippen molar-refractivity contribution in [1.82, 2.24) is 15.3 Å². The van der Waals surface area contributed by atoms with Gasteiger partial charge in [0.15, 0.2) is 11.7 Å². The molecule has 3 atom stereocenters. The summed E-state index contributed by atoms with van der Waals surface area (Å²) in [6.07, 6.45) is -3.13. The van der Waals surface area contributed by atoms with E-state index >= 15 is 0 Å². The molecule has 1 aliphatic rings. The van der Waals surface area contributed by atoms with Gasteiger partial charge in [-0.25, -0.2) is 4.98 Å². The van der Waals surface area contributed by atoms with Crippen molar-refractivity contribution in [1.29, 1.82) is 0 Å². The number of alkyl halides is 3. The summed E-state index contributed by atoms with van der Waals surface area (Å²) in [5.41, 5.74) is 1.72. The van der Waals surface area contributed by atoms with Gasteiger partial charge in [-0.05, 0) is 49.6 Å². The van der Waals surface area contributed by atoms with Crippen LogP contribution in [0.4, 0.5) is 13.2 Å². The molecular formula is C20H19ClF3N3O2S. The number of ether oxygens (including phenoxy) is 1. The Hall–Kier alpha value is -2.26. The van der Waals surface area contributed by atoms with Gasteiger partial charge in [0.05, 0.1) is 17.1 Å². The molecule has 2 aromatic heterocycles. The highest BCUT2D eigenvalue weighted by atomic mass is 35.5. The van der Waals surface area contributed by atoms with Crippen molar-refractivity contribution in [2.45, 2.75) is 37.9 Å². The summed E-state index contributed by atoms with van der Waals surface area (Å²) in [4.78, 5) is 21.0. The van der Waals surface area contributed by atoms with Crippen molar-refractivity contribution < 1.29 is 22.7 Å². The molecule has 2 heterocycles. The number of aromatic amines is 1. The number of benzene rings is 1. The lowest BCUT2D eigenvalue weighted by molar-refractivity contribution is -0.152. The van der Waals surface area contributed by atoms with E-state index in [4.69, 9.17) is 16.3 Å². The van der Waals surface area contributed by atoms with Crippen molar-refractivity contribution in [3.63, 3.8) is 0 Å². The third kappa shape index (κ3) is 5.07. The topological polar surface area (TPSA) is 67.0 Å². The van der Waals surface area contributed by atoms with Crippen LogP contribution in [0.2, 0.25) is 5.02 Å². The van der Waals surface area contributed by atoms with E-state index in [1.165, 1.54) is 6.07 Å². The van der Waals surface area contributed by atoms with Crippen molar-refractivity contribution in [3.05, 3.63) is 46.1 Å². The van der Waals surface area contributed by atoms with E-state index in [9.17, 15) is 18.0 Å². The number of amides is 1. The molecule has 1 aromatic carbocycles. The van der Waals surface area contributed by atoms with Gasteiger partial charge in [-0.2, -0.15) is 13.2 Å². The number of imidazole rings is 1. The van der Waals surface area contributed by atoms with Crippen LogP contribution in [0, 0.1) is 5.92 Å². The zero-order valence-electron chi connectivity index (χ0n) is 15.9. The molecule has 10 heteroatoms. The molecule has 30 heavy (non-hydrogen) atoms. The Kier molecular flexibility index (Phi) is 5.67. The van der Waals surface area contributed by atoms with Crippen LogP contribution in [0.1, 0.15) is 42.4 Å². The van der Waals surface area contributed by atoms with Gasteiger partial charge in [0.1, 0.15) is 5.82 Å². The minimum absolute atomic E-state index is 0.0969. The second-order valence-corrected chi connectivity index (χ2v) is 8.95. The Labute approximate surface area is 179 Å². The first kappa shape index (κ1) is 21.0. The van der Waals surface area contributed by atoms with E-state index in [2.05, 4.69) is 15.3 Å². The van der Waals surface area contributed by atoms with Gasteiger partial charge in [-0.15, -0.1) is 11.3 Å². The molecule has 3 aromatic rings. The highest BCUT2D eigenvalue weighted by molar-refractivity contribution is 7.13. The van der Waals surface area contributed by atoms with E-state index in [1.807, 2.05) is 12.1 Å². The number of carbonyl (C=O) groups is 1. The molecule has 5 nitrogen and oxygen atoms in total. The number of halogens is 4. The lowest BCUT2D eigenvalue weighted by Crippen LogP contribution is -2.26. The summed E-state index contributed by atoms with van der Waals surface area (Å²) in [6, 6.07) is 8.32. The maximum Gasteiger partial charge on any atom is 0.422 e. The molecule has 1 fully saturated rings. The molecule has 0 bridgehead atoms. The third-order valence-corrected chi connectivity index (χ3v) is 6.38. The summed E-state index contributed by atoms with van der Waals surface area (Å²) in [5.74, 6) is 1.19. The Balaban J connectivity index is 1.28. The first-order valence-electron chi connectivity index (χ1n) is 9.42. The number of fused-ring (bicyclic) bond motifs is 1. The van der Waals surface area contributed by atoms with Crippen LogP contribution in [-0.4, -0.2) is 28.7 Å². The quantitative estimate of drug-likeness (QED) is 0.486. The van der Waals surface area contributed by atoms with Gasteiger partial charge in [0.25, 0.3) is 0 Å². The number of hydrogen-bond donors (Lipinski definition) is 2. The Bertz CT molecular complexity index is 1070. The van der Waals surface area contributed by atoms with Crippen LogP contribution < -0.4 is 10.1 Å². The van der Waals surface area contributed by atoms with Gasteiger partial charge in [-0.3, -0.25) is 4.79 Å². The summed E-state index contributed by atoms with van der Waals surface area (Å²) in [6.45, 7) is 0.468. The van der Waals surface area contributed by atoms with Crippen molar-refractivity contribution >= 4 is 39.9 Å². The summed E-state index contributed by atoms with van der Waals surface area (Å²) in [5, 5.41) is 3.72. The second kappa shape index (κ2) is 8.11. The number of carbonyl (C=O) groups excluding carboxylic acids is 1. The number of thiophene rings is 1. The van der Waals surface area contributed by atoms with Crippen LogP contribution in [0.15, 0.2) is 30.3 Å². The normalized spacial score (nSPS) is 19.6. The number of H-pyrrole nitrogens is 1. The molecule has 160 valence electrons. The highest BCUT2D eigenvalue weighted by Crippen LogP contribution is 2.49. The number of hydrogen-bond acceptors (Lipinski definition) is 4. The van der Waals surface area contributed by atoms with Crippen molar-refractivity contribution in [2.24, 2.45) is 5.92 Å². The summed E-state index contributed by atoms with van der Waals surface area (Å²) in [7, 11) is 0. The average Bonchev–Trinajstić information content (AvgIpc) is 3.08. The van der Waals surface area contributed by atoms with Crippen LogP contribution >= 0.6 is 22.9 Å². The first-order chi connectivity index (χ1) is 14.2. The van der Waals surface area contributed by atoms with Crippen molar-refractivity contribution in [2.75, 3.05) is 6.61 Å². The van der Waals surface area contributed by atoms with Crippen LogP contribution in [-0.2, 0) is 4.79 Å². The second-order valence-electron chi connectivity index (χ2n) is 7.44. The van der Waals surface area contributed by atoms with Crippen molar-refractivity contribution in [3.8, 4) is 5.06 Å². The van der Waals surface area contributed by atoms with E-state index in [0.717, 1.165) is 39.5 Å². The molecule has 1 amide bonds. The molecule has 4 rings (SSSR count). The predicted octanol–water partition coefficient (Wildman–Crippen LogP) is 5.59. The SMILES string of the molecule is C[C@@H](NC(=O)C[C@@H]1C[C@H]1c1nc2ccc(Cl)cc2[nH]1)c1ccc(OCC(F)(F)F)s1. The monoisotopic (exact) mass is 457 g/mol. The highest BCUT2D eigenvalue weighted by Gasteiger charge is 2.42. The van der Waals surface area contributed by atoms with E-state index < -0.39 is 12.8 Å². The van der Waals surface area contributed by atoms with Gasteiger partial charge in [0.2, 0.25) is 5.91 Å². The molecule has 0 unspecified atom stereocenters. The zero-order valence-corrected chi connectivity index (χ0v) is 17.5. The maximum atomic E-state index is 12.4. The van der Waals surface area contributed by atoms with E-state index in [0.29, 0.717) is 11.4 Å². The Morgan fingerprint density at radius 3 is 2.97 bits per heavy atom. The lowest BCUT2D eigenvalue weighted by atomic mass is 10.2. The fraction of sp³-hybridized carbons (Fsp3) is 0.400. The number of nitrogens with zero attached hydrogens (tertiary/aromatic N) is 1. The maximum absolute atomic E-state index is 12.4. The minimum atomic E-state index is -4.38. The van der Waals surface area contributed by atoms with Gasteiger partial charge >= 0.3 is 6.18 Å². The predicted molar refractivity (Wildman–Crippen MR) is 109 cm³/mol. The van der Waals surface area contributed by atoms with Crippen LogP contribution in [0.25, 0.3) is 11.0 Å². The Morgan fingerprint density at radius 1 is 1.40 bits per heavy atom. The molecule has 0 spiro atoms. The fourth-order valence-electron chi connectivity index (χ4n) is 3.39. The lowest BCUT2D eigenvalue weighted by Gasteiger charge is -2.12. The minimum Gasteiger partial charge on any atom is -0.475 e. The molecule has 0 aliphatic heterocycles. The molecule has 2 N–H and O–H groups in total. The molecular weight excluding hydrogens is 439 g/mol. The third-order valence-electron chi connectivity index (χ3n) is 4.97. The van der Waals surface area contributed by atoms with Gasteiger partial charge in [0, 0.05) is 22.2 Å². The summed E-state index contributed by atoms with van der Waals surface area (Å²) >= 11 is 7.10. The smallest absolute Gasteiger partial charge is 0.422 e. The number of aromatic nitrogens is 2. The first-order valence-corrected chi connectivity index (χ1v) is 10.6. The standard InChI is InChI=1S/C20H19ClF3N3O2S/c1-10(16-4-5-18(30-16)29-9-20(22,23)24)25-17(28)7-11-6-13(11)19-26-14-3-2-12(21)8-15(14)27-19/h2-5,8,10-11,13H,6-7,9H2,1H3,(H,25,28)(H,26,27)/t10-,11+,13-/m1/s1. The van der Waals surface area contributed by atoms with E-state index in [1.54, 1.807) is 19.1 Å². The summed E-state index contributed by atoms with van der Waals surface area (Å²) < 4.78 is 41.5. The van der Waals surface area contributed by atoms with Gasteiger partial charge in [-0.1, -0.05) is 11.6 Å². The van der Waals surface area contributed by atoms with Crippen LogP contribution in [0.5, 0.6) is 5.06 Å². The molecule has 0 radical (unpaired) electrons. The molecule has 1 aliphatic carbocycles.